The minimum atomic E-state index is -0.0199. The molecule has 0 aromatic carbocycles. The number of ether oxygens (including phenoxy) is 2. The molecule has 0 heterocycles. The van der Waals surface area contributed by atoms with Gasteiger partial charge < -0.3 is 9.47 Å². The summed E-state index contributed by atoms with van der Waals surface area (Å²) in [4.78, 5) is 23.5. The van der Waals surface area contributed by atoms with Crippen molar-refractivity contribution >= 4 is 11.9 Å². The normalized spacial score (nSPS) is 11.3. The zero-order valence-corrected chi connectivity index (χ0v) is 24.2. The minimum absolute atomic E-state index is 0.0199. The molecule has 0 bridgehead atoms. The highest BCUT2D eigenvalue weighted by molar-refractivity contribution is 5.69. The van der Waals surface area contributed by atoms with Crippen LogP contribution >= 0.6 is 0 Å². The lowest BCUT2D eigenvalue weighted by molar-refractivity contribution is -0.144. The quantitative estimate of drug-likeness (QED) is 0.0599. The van der Waals surface area contributed by atoms with Crippen molar-refractivity contribution in [1.29, 1.82) is 0 Å². The van der Waals surface area contributed by atoms with Gasteiger partial charge in [0, 0.05) is 12.8 Å². The molecule has 0 saturated heterocycles. The van der Waals surface area contributed by atoms with Crippen LogP contribution in [0.15, 0.2) is 12.2 Å². The van der Waals surface area contributed by atoms with Gasteiger partial charge in [-0.15, -0.1) is 0 Å². The number of esters is 2. The largest absolute Gasteiger partial charge is 0.466 e. The zero-order chi connectivity index (χ0) is 26.4. The van der Waals surface area contributed by atoms with Gasteiger partial charge in [0.25, 0.3) is 0 Å². The molecule has 0 unspecified atom stereocenters. The highest BCUT2D eigenvalue weighted by atomic mass is 16.5. The summed E-state index contributed by atoms with van der Waals surface area (Å²) in [6, 6.07) is 0. The number of carbonyl (C=O) groups is 2. The van der Waals surface area contributed by atoms with Crippen molar-refractivity contribution in [2.24, 2.45) is 0 Å². The zero-order valence-electron chi connectivity index (χ0n) is 24.2. The molecule has 0 aliphatic heterocycles. The van der Waals surface area contributed by atoms with Gasteiger partial charge in [-0.1, -0.05) is 116 Å². The van der Waals surface area contributed by atoms with Gasteiger partial charge in [0.05, 0.1) is 13.2 Å². The Bertz CT molecular complexity index is 456. The molecule has 0 rings (SSSR count). The van der Waals surface area contributed by atoms with Crippen LogP contribution in [0.3, 0.4) is 0 Å². The summed E-state index contributed by atoms with van der Waals surface area (Å²) in [7, 11) is 0. The minimum Gasteiger partial charge on any atom is -0.466 e. The average molecular weight is 509 g/mol. The molecule has 4 heteroatoms. The highest BCUT2D eigenvalue weighted by Crippen LogP contribution is 2.11. The Balaban J connectivity index is 3.28. The maximum absolute atomic E-state index is 11.7. The molecule has 36 heavy (non-hydrogen) atoms. The second-order valence-corrected chi connectivity index (χ2v) is 10.4. The van der Waals surface area contributed by atoms with E-state index < -0.39 is 0 Å². The molecule has 0 atom stereocenters. The van der Waals surface area contributed by atoms with Crippen LogP contribution < -0.4 is 0 Å². The summed E-state index contributed by atoms with van der Waals surface area (Å²) >= 11 is 0. The summed E-state index contributed by atoms with van der Waals surface area (Å²) in [5, 5.41) is 0. The number of unbranched alkanes of at least 4 members (excludes halogenated alkanes) is 18. The monoisotopic (exact) mass is 508 g/mol. The van der Waals surface area contributed by atoms with Crippen LogP contribution in [0.1, 0.15) is 168 Å². The fourth-order valence-corrected chi connectivity index (χ4v) is 4.29. The number of rotatable bonds is 28. The van der Waals surface area contributed by atoms with Gasteiger partial charge in [0.15, 0.2) is 0 Å². The van der Waals surface area contributed by atoms with Crippen LogP contribution in [-0.2, 0) is 19.1 Å². The molecule has 0 amide bonds. The second kappa shape index (κ2) is 29.9. The molecule has 4 nitrogen and oxygen atoms in total. The summed E-state index contributed by atoms with van der Waals surface area (Å²) in [5.74, 6) is -0.0398. The van der Waals surface area contributed by atoms with E-state index in [0.717, 1.165) is 51.4 Å². The molecule has 212 valence electrons. The maximum Gasteiger partial charge on any atom is 0.305 e. The molecular weight excluding hydrogens is 448 g/mol. The maximum atomic E-state index is 11.7. The van der Waals surface area contributed by atoms with Gasteiger partial charge in [-0.3, -0.25) is 9.59 Å². The Kier molecular flexibility index (Phi) is 28.8. The van der Waals surface area contributed by atoms with Crippen LogP contribution in [0, 0.1) is 0 Å². The van der Waals surface area contributed by atoms with Crippen molar-refractivity contribution in [1.82, 2.24) is 0 Å². The summed E-state index contributed by atoms with van der Waals surface area (Å²) in [6.45, 7) is 5.65. The van der Waals surface area contributed by atoms with Crippen molar-refractivity contribution in [2.45, 2.75) is 168 Å². The van der Waals surface area contributed by atoms with E-state index in [1.54, 1.807) is 0 Å². The smallest absolute Gasteiger partial charge is 0.305 e. The van der Waals surface area contributed by atoms with Gasteiger partial charge >= 0.3 is 11.9 Å². The molecule has 0 aromatic rings. The number of hydrogen-bond donors (Lipinski definition) is 0. The predicted molar refractivity (Wildman–Crippen MR) is 153 cm³/mol. The lowest BCUT2D eigenvalue weighted by Crippen LogP contribution is -2.05. The van der Waals surface area contributed by atoms with Crippen LogP contribution in [0.5, 0.6) is 0 Å². The Labute approximate surface area is 224 Å². The van der Waals surface area contributed by atoms with Crippen LogP contribution in [0.25, 0.3) is 0 Å². The first kappa shape index (κ1) is 34.7. The molecule has 0 N–H and O–H groups in total. The van der Waals surface area contributed by atoms with Crippen LogP contribution in [-0.4, -0.2) is 25.2 Å². The van der Waals surface area contributed by atoms with Crippen molar-refractivity contribution < 1.29 is 19.1 Å². The summed E-state index contributed by atoms with van der Waals surface area (Å²) in [5.41, 5.74) is 0. The Morgan fingerprint density at radius 1 is 0.444 bits per heavy atom. The molecular formula is C32H60O4. The van der Waals surface area contributed by atoms with E-state index in [1.165, 1.54) is 89.9 Å². The third kappa shape index (κ3) is 28.9. The van der Waals surface area contributed by atoms with Gasteiger partial charge in [-0.25, -0.2) is 0 Å². The van der Waals surface area contributed by atoms with E-state index in [-0.39, 0.29) is 11.9 Å². The van der Waals surface area contributed by atoms with Crippen molar-refractivity contribution in [3.63, 3.8) is 0 Å². The van der Waals surface area contributed by atoms with E-state index >= 15 is 0 Å². The van der Waals surface area contributed by atoms with Crippen molar-refractivity contribution in [2.75, 3.05) is 13.2 Å². The number of allylic oxidation sites excluding steroid dienone is 2. The third-order valence-corrected chi connectivity index (χ3v) is 6.69. The fourth-order valence-electron chi connectivity index (χ4n) is 4.29. The van der Waals surface area contributed by atoms with E-state index in [0.29, 0.717) is 26.1 Å². The predicted octanol–water partition coefficient (Wildman–Crippen LogP) is 10.0. The molecule has 0 saturated carbocycles. The lowest BCUT2D eigenvalue weighted by atomic mass is 10.1. The Morgan fingerprint density at radius 3 is 1.19 bits per heavy atom. The summed E-state index contributed by atoms with van der Waals surface area (Å²) < 4.78 is 10.7. The molecule has 0 spiro atoms. The summed E-state index contributed by atoms with van der Waals surface area (Å²) in [6.07, 6.45) is 31.6. The number of carbonyl (C=O) groups excluding carboxylic acids is 2. The SMILES string of the molecule is CCCCCCCCOC(=O)CCCCCC/C=C/CCCCCCC(=O)OCCCCCCCC. The van der Waals surface area contributed by atoms with Gasteiger partial charge in [-0.05, 0) is 51.4 Å². The molecule has 0 aromatic heterocycles. The van der Waals surface area contributed by atoms with E-state index in [4.69, 9.17) is 9.47 Å². The topological polar surface area (TPSA) is 52.6 Å². The standard InChI is InChI=1S/C32H60O4/c1-3-5-7-9-21-25-29-35-31(33)27-23-19-17-15-13-11-12-14-16-18-20-24-28-32(34)36-30-26-22-10-8-6-4-2/h11-12H,3-10,13-30H2,1-2H3/b12-11+. The van der Waals surface area contributed by atoms with E-state index in [2.05, 4.69) is 26.0 Å². The Hall–Kier alpha value is -1.32. The molecule has 0 radical (unpaired) electrons. The van der Waals surface area contributed by atoms with Gasteiger partial charge in [-0.2, -0.15) is 0 Å². The van der Waals surface area contributed by atoms with Crippen LogP contribution in [0.4, 0.5) is 0 Å². The second-order valence-electron chi connectivity index (χ2n) is 10.4. The molecule has 0 aliphatic rings. The first-order chi connectivity index (χ1) is 17.7. The number of hydrogen-bond acceptors (Lipinski definition) is 4. The van der Waals surface area contributed by atoms with E-state index in [1.807, 2.05) is 0 Å². The van der Waals surface area contributed by atoms with Crippen LogP contribution in [0.2, 0.25) is 0 Å². The fraction of sp³-hybridized carbons (Fsp3) is 0.875. The Morgan fingerprint density at radius 2 is 0.778 bits per heavy atom. The highest BCUT2D eigenvalue weighted by Gasteiger charge is 2.03. The first-order valence-electron chi connectivity index (χ1n) is 15.7. The lowest BCUT2D eigenvalue weighted by Gasteiger charge is -2.05. The van der Waals surface area contributed by atoms with E-state index in [9.17, 15) is 9.59 Å². The van der Waals surface area contributed by atoms with Gasteiger partial charge in [0.2, 0.25) is 0 Å². The van der Waals surface area contributed by atoms with Gasteiger partial charge in [0.1, 0.15) is 0 Å². The average Bonchev–Trinajstić information content (AvgIpc) is 2.87. The molecule has 0 aliphatic carbocycles. The third-order valence-electron chi connectivity index (χ3n) is 6.69. The first-order valence-corrected chi connectivity index (χ1v) is 15.7. The molecule has 0 fully saturated rings. The van der Waals surface area contributed by atoms with Crippen molar-refractivity contribution in [3.05, 3.63) is 12.2 Å². The van der Waals surface area contributed by atoms with Crippen molar-refractivity contribution in [3.8, 4) is 0 Å².